The van der Waals surface area contributed by atoms with E-state index in [2.05, 4.69) is 24.3 Å². The first-order chi connectivity index (χ1) is 7.89. The third-order valence-electron chi connectivity index (χ3n) is 4.25. The van der Waals surface area contributed by atoms with Gasteiger partial charge in [-0.2, -0.15) is 0 Å². The van der Waals surface area contributed by atoms with E-state index in [4.69, 9.17) is 9.47 Å². The summed E-state index contributed by atoms with van der Waals surface area (Å²) in [5.41, 5.74) is 1.26. The van der Waals surface area contributed by atoms with Gasteiger partial charge in [0.25, 0.3) is 0 Å². The van der Waals surface area contributed by atoms with Gasteiger partial charge in [-0.25, -0.2) is 0 Å². The van der Waals surface area contributed by atoms with Crippen molar-refractivity contribution < 1.29 is 9.47 Å². The molecule has 84 valence electrons. The van der Waals surface area contributed by atoms with Gasteiger partial charge in [0, 0.05) is 5.56 Å². The molecular formula is C14H16O2. The molecular weight excluding hydrogens is 200 g/mol. The van der Waals surface area contributed by atoms with Crippen molar-refractivity contribution in [3.05, 3.63) is 29.8 Å². The molecule has 2 aliphatic heterocycles. The van der Waals surface area contributed by atoms with Gasteiger partial charge in [-0.3, -0.25) is 0 Å². The van der Waals surface area contributed by atoms with Crippen LogP contribution in [0.5, 0.6) is 5.75 Å². The number of epoxide rings is 1. The lowest BCUT2D eigenvalue weighted by molar-refractivity contribution is 0.00138. The molecule has 2 heteroatoms. The maximum absolute atomic E-state index is 6.29. The van der Waals surface area contributed by atoms with Gasteiger partial charge in [0.1, 0.15) is 23.6 Å². The standard InChI is InChI=1S/C14H16O2/c1-4-8-14(9-5-1)13-12(15-13)10-6-2-3-7-11(10)16-14/h2-3,6-7,12-13H,1,4-5,8-9H2/t12-,13-/m0/s1. The van der Waals surface area contributed by atoms with E-state index in [-0.39, 0.29) is 5.60 Å². The first-order valence-corrected chi connectivity index (χ1v) is 6.32. The minimum absolute atomic E-state index is 0.0112. The second-order valence-electron chi connectivity index (χ2n) is 5.24. The van der Waals surface area contributed by atoms with Crippen molar-refractivity contribution in [1.29, 1.82) is 0 Å². The van der Waals surface area contributed by atoms with Crippen molar-refractivity contribution in [2.24, 2.45) is 0 Å². The van der Waals surface area contributed by atoms with E-state index in [1.807, 2.05) is 0 Å². The Morgan fingerprint density at radius 3 is 2.75 bits per heavy atom. The molecule has 2 fully saturated rings. The Labute approximate surface area is 95.6 Å². The maximum Gasteiger partial charge on any atom is 0.138 e. The largest absolute Gasteiger partial charge is 0.484 e. The van der Waals surface area contributed by atoms with Crippen molar-refractivity contribution in [3.8, 4) is 5.75 Å². The number of rotatable bonds is 0. The first kappa shape index (κ1) is 9.06. The topological polar surface area (TPSA) is 21.8 Å². The van der Waals surface area contributed by atoms with Crippen molar-refractivity contribution in [2.75, 3.05) is 0 Å². The van der Waals surface area contributed by atoms with E-state index >= 15 is 0 Å². The highest BCUT2D eigenvalue weighted by Crippen LogP contribution is 2.57. The summed E-state index contributed by atoms with van der Waals surface area (Å²) in [6.45, 7) is 0. The third kappa shape index (κ3) is 1.11. The van der Waals surface area contributed by atoms with E-state index in [0.717, 1.165) is 5.75 Å². The third-order valence-corrected chi connectivity index (χ3v) is 4.25. The number of hydrogen-bond donors (Lipinski definition) is 0. The highest BCUT2D eigenvalue weighted by Gasteiger charge is 2.60. The van der Waals surface area contributed by atoms with Crippen molar-refractivity contribution in [1.82, 2.24) is 0 Å². The van der Waals surface area contributed by atoms with Crippen LogP contribution in [0.2, 0.25) is 0 Å². The molecule has 0 radical (unpaired) electrons. The Bertz CT molecular complexity index is 420. The van der Waals surface area contributed by atoms with Crippen LogP contribution in [-0.4, -0.2) is 11.7 Å². The second-order valence-corrected chi connectivity index (χ2v) is 5.24. The average molecular weight is 216 g/mol. The lowest BCUT2D eigenvalue weighted by Crippen LogP contribution is -2.45. The molecule has 1 aromatic carbocycles. The summed E-state index contributed by atoms with van der Waals surface area (Å²) in [7, 11) is 0. The highest BCUT2D eigenvalue weighted by molar-refractivity contribution is 5.42. The fourth-order valence-corrected chi connectivity index (χ4v) is 3.37. The average Bonchev–Trinajstić information content (AvgIpc) is 3.12. The summed E-state index contributed by atoms with van der Waals surface area (Å²) < 4.78 is 12.2. The minimum Gasteiger partial charge on any atom is -0.484 e. The maximum atomic E-state index is 6.29. The Balaban J connectivity index is 1.75. The van der Waals surface area contributed by atoms with Gasteiger partial charge in [0.2, 0.25) is 0 Å². The quantitative estimate of drug-likeness (QED) is 0.621. The van der Waals surface area contributed by atoms with Crippen molar-refractivity contribution >= 4 is 0 Å². The zero-order chi connectivity index (χ0) is 10.6. The highest BCUT2D eigenvalue weighted by atomic mass is 16.6. The molecule has 2 nitrogen and oxygen atoms in total. The van der Waals surface area contributed by atoms with Gasteiger partial charge >= 0.3 is 0 Å². The van der Waals surface area contributed by atoms with Gasteiger partial charge < -0.3 is 9.47 Å². The SMILES string of the molecule is c1ccc2c(c1)OC1(CCCCC1)[C@H]1O[C@@H]21. The molecule has 0 unspecified atom stereocenters. The van der Waals surface area contributed by atoms with Crippen LogP contribution >= 0.6 is 0 Å². The molecule has 16 heavy (non-hydrogen) atoms. The summed E-state index contributed by atoms with van der Waals surface area (Å²) in [5.74, 6) is 1.06. The van der Waals surface area contributed by atoms with Crippen LogP contribution in [0, 0.1) is 0 Å². The number of para-hydroxylation sites is 1. The van der Waals surface area contributed by atoms with Crippen molar-refractivity contribution in [2.45, 2.75) is 49.9 Å². The lowest BCUT2D eigenvalue weighted by Gasteiger charge is -2.39. The number of benzene rings is 1. The number of ether oxygens (including phenoxy) is 2. The van der Waals surface area contributed by atoms with Crippen LogP contribution < -0.4 is 4.74 Å². The normalized spacial score (nSPS) is 33.8. The zero-order valence-corrected chi connectivity index (χ0v) is 9.32. The summed E-state index contributed by atoms with van der Waals surface area (Å²) in [6, 6.07) is 8.34. The Kier molecular flexibility index (Phi) is 1.70. The van der Waals surface area contributed by atoms with E-state index in [0.29, 0.717) is 12.2 Å². The lowest BCUT2D eigenvalue weighted by atomic mass is 9.79. The number of fused-ring (bicyclic) bond motifs is 4. The van der Waals surface area contributed by atoms with E-state index in [1.165, 1.54) is 37.7 Å². The predicted molar refractivity (Wildman–Crippen MR) is 60.5 cm³/mol. The summed E-state index contributed by atoms with van der Waals surface area (Å²) in [4.78, 5) is 0. The Morgan fingerprint density at radius 1 is 1.06 bits per heavy atom. The van der Waals surface area contributed by atoms with Gasteiger partial charge in [0.05, 0.1) is 0 Å². The molecule has 0 aromatic heterocycles. The van der Waals surface area contributed by atoms with Gasteiger partial charge in [0.15, 0.2) is 0 Å². The molecule has 1 saturated heterocycles. The summed E-state index contributed by atoms with van der Waals surface area (Å²) in [5, 5.41) is 0. The van der Waals surface area contributed by atoms with Crippen LogP contribution in [0.3, 0.4) is 0 Å². The molecule has 2 heterocycles. The Morgan fingerprint density at radius 2 is 1.88 bits per heavy atom. The van der Waals surface area contributed by atoms with Crippen molar-refractivity contribution in [3.63, 3.8) is 0 Å². The van der Waals surface area contributed by atoms with Crippen LogP contribution in [0.15, 0.2) is 24.3 Å². The predicted octanol–water partition coefficient (Wildman–Crippen LogP) is 3.22. The number of hydrogen-bond acceptors (Lipinski definition) is 2. The Hall–Kier alpha value is -1.02. The second kappa shape index (κ2) is 3.01. The first-order valence-electron chi connectivity index (χ1n) is 6.32. The molecule has 0 bridgehead atoms. The molecule has 4 rings (SSSR count). The minimum atomic E-state index is 0.0112. The van der Waals surface area contributed by atoms with Gasteiger partial charge in [-0.1, -0.05) is 24.6 Å². The molecule has 1 aromatic rings. The summed E-state index contributed by atoms with van der Waals surface area (Å²) >= 11 is 0. The molecule has 1 saturated carbocycles. The smallest absolute Gasteiger partial charge is 0.138 e. The fourth-order valence-electron chi connectivity index (χ4n) is 3.37. The van der Waals surface area contributed by atoms with Gasteiger partial charge in [-0.05, 0) is 31.7 Å². The molecule has 0 amide bonds. The van der Waals surface area contributed by atoms with Gasteiger partial charge in [-0.15, -0.1) is 0 Å². The molecule has 3 aliphatic rings. The van der Waals surface area contributed by atoms with E-state index in [1.54, 1.807) is 0 Å². The van der Waals surface area contributed by atoms with Crippen LogP contribution in [0.25, 0.3) is 0 Å². The zero-order valence-electron chi connectivity index (χ0n) is 9.32. The van der Waals surface area contributed by atoms with E-state index in [9.17, 15) is 0 Å². The fraction of sp³-hybridized carbons (Fsp3) is 0.571. The van der Waals surface area contributed by atoms with Crippen LogP contribution in [0.4, 0.5) is 0 Å². The van der Waals surface area contributed by atoms with Crippen LogP contribution in [0.1, 0.15) is 43.8 Å². The molecule has 1 spiro atoms. The molecule has 2 atom stereocenters. The monoisotopic (exact) mass is 216 g/mol. The summed E-state index contributed by atoms with van der Waals surface area (Å²) in [6.07, 6.45) is 6.92. The molecule has 1 aliphatic carbocycles. The van der Waals surface area contributed by atoms with Crippen LogP contribution in [-0.2, 0) is 4.74 Å². The molecule has 0 N–H and O–H groups in total. The van der Waals surface area contributed by atoms with E-state index < -0.39 is 0 Å².